The summed E-state index contributed by atoms with van der Waals surface area (Å²) in [6.07, 6.45) is 0. The van der Waals surface area contributed by atoms with Gasteiger partial charge in [0.2, 0.25) is 0 Å². The third-order valence-corrected chi connectivity index (χ3v) is 4.68. The number of rotatable bonds is 1. The van der Waals surface area contributed by atoms with Gasteiger partial charge in [-0.2, -0.15) is 11.1 Å². The number of aryl methyl sites for hydroxylation is 1. The summed E-state index contributed by atoms with van der Waals surface area (Å²) in [5.74, 6) is 0. The van der Waals surface area contributed by atoms with E-state index in [2.05, 4.69) is 0 Å². The van der Waals surface area contributed by atoms with Crippen LogP contribution in [0.5, 0.6) is 0 Å². The monoisotopic (exact) mass is 238 g/mol. The first-order chi connectivity index (χ1) is 5.52. The molecule has 0 aliphatic carbocycles. The molecule has 0 radical (unpaired) electrons. The Morgan fingerprint density at radius 2 is 1.58 bits per heavy atom. The Bertz CT molecular complexity index is 273. The van der Waals surface area contributed by atoms with Crippen LogP contribution in [-0.2, 0) is 0 Å². The van der Waals surface area contributed by atoms with Gasteiger partial charge in [-0.25, -0.2) is 0 Å². The fourth-order valence-electron chi connectivity index (χ4n) is 1.09. The molecular weight excluding hydrogens is 231 g/mol. The molecule has 1 aromatic carbocycles. The molecule has 0 aliphatic rings. The maximum atomic E-state index is 6.04. The van der Waals surface area contributed by atoms with Crippen LogP contribution in [-0.4, -0.2) is 8.11 Å². The van der Waals surface area contributed by atoms with E-state index in [4.69, 9.17) is 34.3 Å². The number of hydrogen-bond donors (Lipinski definition) is 0. The maximum Gasteiger partial charge on any atom is 0.171 e. The van der Waals surface area contributed by atoms with E-state index in [1.165, 1.54) is 0 Å². The second-order valence-electron chi connectivity index (χ2n) is 2.76. The standard InChI is InChI=1S/C8H9Cl3Si/c1-5-3-6(9)8(12(2)11)7(10)4-5/h3-4,12H,1-2H3. The fourth-order valence-corrected chi connectivity index (χ4v) is 4.64. The van der Waals surface area contributed by atoms with Crippen molar-refractivity contribution in [2.45, 2.75) is 13.5 Å². The highest BCUT2D eigenvalue weighted by Gasteiger charge is 2.12. The van der Waals surface area contributed by atoms with Crippen LogP contribution in [0.15, 0.2) is 12.1 Å². The SMILES string of the molecule is Cc1cc(Cl)c([SiH](C)Cl)c(Cl)c1. The van der Waals surface area contributed by atoms with Crippen LogP contribution in [0.4, 0.5) is 0 Å². The summed E-state index contributed by atoms with van der Waals surface area (Å²) in [5.41, 5.74) is 1.07. The Hall–Kier alpha value is 0.307. The molecule has 0 spiro atoms. The normalized spacial score (nSPS) is 13.1. The molecule has 0 aliphatic heterocycles. The summed E-state index contributed by atoms with van der Waals surface area (Å²) in [4.78, 5) is 0. The molecule has 4 heteroatoms. The highest BCUT2D eigenvalue weighted by Crippen LogP contribution is 2.18. The highest BCUT2D eigenvalue weighted by atomic mass is 35.6. The van der Waals surface area contributed by atoms with Gasteiger partial charge in [0.15, 0.2) is 8.11 Å². The van der Waals surface area contributed by atoms with E-state index < -0.39 is 8.11 Å². The predicted molar refractivity (Wildman–Crippen MR) is 59.7 cm³/mol. The average molecular weight is 240 g/mol. The molecule has 1 atom stereocenters. The first-order valence-corrected chi connectivity index (χ1v) is 7.85. The van der Waals surface area contributed by atoms with Crippen molar-refractivity contribution in [3.8, 4) is 0 Å². The molecule has 0 bridgehead atoms. The molecule has 12 heavy (non-hydrogen) atoms. The Morgan fingerprint density at radius 1 is 1.17 bits per heavy atom. The third-order valence-electron chi connectivity index (χ3n) is 1.62. The molecule has 0 aromatic heterocycles. The van der Waals surface area contributed by atoms with Crippen molar-refractivity contribution >= 4 is 47.6 Å². The van der Waals surface area contributed by atoms with Gasteiger partial charge in [-0.3, -0.25) is 0 Å². The Balaban J connectivity index is 3.28. The van der Waals surface area contributed by atoms with Crippen molar-refractivity contribution in [1.82, 2.24) is 0 Å². The molecular formula is C8H9Cl3Si. The summed E-state index contributed by atoms with van der Waals surface area (Å²) in [6, 6.07) is 3.79. The van der Waals surface area contributed by atoms with Gasteiger partial charge >= 0.3 is 0 Å². The molecule has 0 amide bonds. The van der Waals surface area contributed by atoms with Crippen LogP contribution in [0.25, 0.3) is 0 Å². The van der Waals surface area contributed by atoms with Gasteiger partial charge < -0.3 is 0 Å². The summed E-state index contributed by atoms with van der Waals surface area (Å²) in [5, 5.41) is 2.36. The second-order valence-corrected chi connectivity index (χ2v) is 7.35. The zero-order chi connectivity index (χ0) is 9.30. The lowest BCUT2D eigenvalue weighted by Crippen LogP contribution is -2.23. The molecule has 0 N–H and O–H groups in total. The van der Waals surface area contributed by atoms with E-state index in [1.54, 1.807) is 0 Å². The van der Waals surface area contributed by atoms with Gasteiger partial charge in [0.25, 0.3) is 0 Å². The first-order valence-electron chi connectivity index (χ1n) is 3.62. The third kappa shape index (κ3) is 2.16. The lowest BCUT2D eigenvalue weighted by molar-refractivity contribution is 1.49. The molecule has 0 nitrogen and oxygen atoms in total. The minimum absolute atomic E-state index is 0.703. The van der Waals surface area contributed by atoms with Crippen molar-refractivity contribution < 1.29 is 0 Å². The van der Waals surface area contributed by atoms with E-state index in [9.17, 15) is 0 Å². The summed E-state index contributed by atoms with van der Waals surface area (Å²) >= 11 is 18.0. The van der Waals surface area contributed by atoms with Gasteiger partial charge in [-0.15, -0.1) is 0 Å². The highest BCUT2D eigenvalue weighted by molar-refractivity contribution is 7.14. The van der Waals surface area contributed by atoms with Crippen molar-refractivity contribution in [2.24, 2.45) is 0 Å². The maximum absolute atomic E-state index is 6.04. The quantitative estimate of drug-likeness (QED) is 0.522. The lowest BCUT2D eigenvalue weighted by atomic mass is 10.2. The van der Waals surface area contributed by atoms with Crippen LogP contribution in [0, 0.1) is 6.92 Å². The van der Waals surface area contributed by atoms with Crippen LogP contribution >= 0.6 is 34.3 Å². The van der Waals surface area contributed by atoms with Crippen molar-refractivity contribution in [1.29, 1.82) is 0 Å². The number of hydrogen-bond acceptors (Lipinski definition) is 0. The largest absolute Gasteiger partial charge is 0.171 e. The van der Waals surface area contributed by atoms with Crippen molar-refractivity contribution in [3.63, 3.8) is 0 Å². The van der Waals surface area contributed by atoms with E-state index in [0.29, 0.717) is 10.0 Å². The van der Waals surface area contributed by atoms with E-state index in [-0.39, 0.29) is 0 Å². The van der Waals surface area contributed by atoms with Gasteiger partial charge in [0.1, 0.15) is 0 Å². The Morgan fingerprint density at radius 3 is 1.92 bits per heavy atom. The molecule has 1 rings (SSSR count). The predicted octanol–water partition coefficient (Wildman–Crippen LogP) is 3.10. The second kappa shape index (κ2) is 4.01. The Kier molecular flexibility index (Phi) is 3.47. The zero-order valence-electron chi connectivity index (χ0n) is 6.87. The minimum atomic E-state index is -1.42. The van der Waals surface area contributed by atoms with Gasteiger partial charge in [-0.05, 0) is 29.8 Å². The van der Waals surface area contributed by atoms with E-state index >= 15 is 0 Å². The molecule has 1 aromatic rings. The molecule has 0 fully saturated rings. The first kappa shape index (κ1) is 10.4. The smallest absolute Gasteiger partial charge is 0.166 e. The minimum Gasteiger partial charge on any atom is -0.166 e. The number of benzene rings is 1. The zero-order valence-corrected chi connectivity index (χ0v) is 10.3. The lowest BCUT2D eigenvalue weighted by Gasteiger charge is -2.08. The van der Waals surface area contributed by atoms with Crippen LogP contribution in [0.3, 0.4) is 0 Å². The van der Waals surface area contributed by atoms with Crippen molar-refractivity contribution in [3.05, 3.63) is 27.7 Å². The molecule has 0 saturated carbocycles. The van der Waals surface area contributed by atoms with Crippen LogP contribution in [0.2, 0.25) is 16.6 Å². The van der Waals surface area contributed by atoms with E-state index in [0.717, 1.165) is 10.8 Å². The summed E-state index contributed by atoms with van der Waals surface area (Å²) in [7, 11) is -1.42. The van der Waals surface area contributed by atoms with Crippen molar-refractivity contribution in [2.75, 3.05) is 0 Å². The topological polar surface area (TPSA) is 0 Å². The molecule has 66 valence electrons. The van der Waals surface area contributed by atoms with E-state index in [1.807, 2.05) is 25.6 Å². The summed E-state index contributed by atoms with van der Waals surface area (Å²) in [6.45, 7) is 3.95. The fraction of sp³-hybridized carbons (Fsp3) is 0.250. The number of halogens is 3. The van der Waals surface area contributed by atoms with Crippen LogP contribution in [0.1, 0.15) is 5.56 Å². The molecule has 0 heterocycles. The van der Waals surface area contributed by atoms with Gasteiger partial charge in [0, 0.05) is 10.0 Å². The van der Waals surface area contributed by atoms with Crippen LogP contribution < -0.4 is 5.19 Å². The average Bonchev–Trinajstić information content (AvgIpc) is 1.82. The van der Waals surface area contributed by atoms with Gasteiger partial charge in [-0.1, -0.05) is 29.7 Å². The Labute approximate surface area is 88.8 Å². The van der Waals surface area contributed by atoms with Gasteiger partial charge in [0.05, 0.1) is 0 Å². The molecule has 0 saturated heterocycles. The summed E-state index contributed by atoms with van der Waals surface area (Å²) < 4.78 is 0. The molecule has 1 unspecified atom stereocenters.